The highest BCUT2D eigenvalue weighted by atomic mass is 19.1. The maximum atomic E-state index is 13.0. The molecule has 0 radical (unpaired) electrons. The van der Waals surface area contributed by atoms with Gasteiger partial charge in [-0.05, 0) is 61.2 Å². The number of aryl methyl sites for hydroxylation is 1. The largest absolute Gasteiger partial charge is 0.371 e. The van der Waals surface area contributed by atoms with Gasteiger partial charge in [-0.15, -0.1) is 0 Å². The molecule has 1 aliphatic rings. The van der Waals surface area contributed by atoms with Crippen LogP contribution in [-0.2, 0) is 0 Å². The molecule has 1 amide bonds. The van der Waals surface area contributed by atoms with Gasteiger partial charge in [0.05, 0.1) is 0 Å². The highest BCUT2D eigenvalue weighted by Gasteiger charge is 2.23. The number of amides is 1. The maximum Gasteiger partial charge on any atom is 0.271 e. The van der Waals surface area contributed by atoms with Crippen LogP contribution in [0.25, 0.3) is 5.65 Å². The van der Waals surface area contributed by atoms with E-state index in [1.54, 1.807) is 18.3 Å². The van der Waals surface area contributed by atoms with E-state index < -0.39 is 0 Å². The number of nitrogens with one attached hydrogen (secondary N) is 1. The molecule has 26 heavy (non-hydrogen) atoms. The summed E-state index contributed by atoms with van der Waals surface area (Å²) >= 11 is 0. The number of aromatic nitrogens is 2. The maximum absolute atomic E-state index is 13.0. The zero-order valence-corrected chi connectivity index (χ0v) is 14.7. The second-order valence-corrected chi connectivity index (χ2v) is 6.88. The molecule has 1 saturated heterocycles. The summed E-state index contributed by atoms with van der Waals surface area (Å²) < 4.78 is 14.9. The van der Waals surface area contributed by atoms with Gasteiger partial charge in [-0.2, -0.15) is 0 Å². The molecule has 134 valence electrons. The molecular formula is C20H21FN4O. The van der Waals surface area contributed by atoms with Gasteiger partial charge in [0, 0.05) is 37.7 Å². The number of benzene rings is 1. The van der Waals surface area contributed by atoms with Crippen molar-refractivity contribution >= 4 is 17.2 Å². The molecule has 1 N–H and O–H groups in total. The number of hydrogen-bond acceptors (Lipinski definition) is 3. The molecule has 1 fully saturated rings. The third kappa shape index (κ3) is 3.40. The first-order valence-electron chi connectivity index (χ1n) is 8.82. The highest BCUT2D eigenvalue weighted by Crippen LogP contribution is 2.23. The van der Waals surface area contributed by atoms with Crippen molar-refractivity contribution in [1.29, 1.82) is 0 Å². The predicted molar refractivity (Wildman–Crippen MR) is 99.0 cm³/mol. The second-order valence-electron chi connectivity index (χ2n) is 6.88. The van der Waals surface area contributed by atoms with Crippen molar-refractivity contribution in [3.63, 3.8) is 0 Å². The van der Waals surface area contributed by atoms with Crippen molar-refractivity contribution in [2.75, 3.05) is 24.5 Å². The summed E-state index contributed by atoms with van der Waals surface area (Å²) in [5.74, 6) is 0.00859. The minimum absolute atomic E-state index is 0.147. The number of rotatable bonds is 4. The number of carbonyl (C=O) groups is 1. The van der Waals surface area contributed by atoms with Crippen LogP contribution in [0.5, 0.6) is 0 Å². The number of halogens is 1. The van der Waals surface area contributed by atoms with Crippen molar-refractivity contribution in [2.24, 2.45) is 5.92 Å². The van der Waals surface area contributed by atoms with Gasteiger partial charge < -0.3 is 14.6 Å². The molecule has 0 aliphatic carbocycles. The van der Waals surface area contributed by atoms with Crippen LogP contribution < -0.4 is 10.2 Å². The van der Waals surface area contributed by atoms with Crippen LogP contribution in [0, 0.1) is 18.7 Å². The van der Waals surface area contributed by atoms with Crippen LogP contribution in [0.15, 0.2) is 48.8 Å². The minimum Gasteiger partial charge on any atom is -0.371 e. The van der Waals surface area contributed by atoms with E-state index in [-0.39, 0.29) is 11.7 Å². The van der Waals surface area contributed by atoms with E-state index in [1.165, 1.54) is 12.1 Å². The van der Waals surface area contributed by atoms with Crippen molar-refractivity contribution in [3.8, 4) is 0 Å². The molecule has 4 rings (SSSR count). The summed E-state index contributed by atoms with van der Waals surface area (Å²) in [6, 6.07) is 10.5. The monoisotopic (exact) mass is 352 g/mol. The summed E-state index contributed by atoms with van der Waals surface area (Å²) in [6.07, 6.45) is 4.66. The first-order chi connectivity index (χ1) is 12.6. The van der Waals surface area contributed by atoms with Gasteiger partial charge in [-0.1, -0.05) is 0 Å². The first-order valence-corrected chi connectivity index (χ1v) is 8.82. The zero-order chi connectivity index (χ0) is 18.1. The Kier molecular flexibility index (Phi) is 4.32. The summed E-state index contributed by atoms with van der Waals surface area (Å²) in [5.41, 5.74) is 3.35. The predicted octanol–water partition coefficient (Wildman–Crippen LogP) is 3.04. The van der Waals surface area contributed by atoms with Gasteiger partial charge in [0.25, 0.3) is 5.91 Å². The van der Waals surface area contributed by atoms with E-state index in [1.807, 2.05) is 29.7 Å². The Balaban J connectivity index is 1.35. The lowest BCUT2D eigenvalue weighted by atomic mass is 10.1. The lowest BCUT2D eigenvalue weighted by Gasteiger charge is -2.18. The standard InChI is InChI=1S/C20H21FN4O/c1-14-6-8-25-13-18(23-19(25)10-14)20(26)22-11-15-7-9-24(12-15)17-4-2-16(21)3-5-17/h2-6,8,10,13,15H,7,9,11-12H2,1H3,(H,22,26). The Bertz CT molecular complexity index is 935. The molecule has 6 heteroatoms. The summed E-state index contributed by atoms with van der Waals surface area (Å²) in [5, 5.41) is 3.00. The van der Waals surface area contributed by atoms with Crippen molar-refractivity contribution in [1.82, 2.24) is 14.7 Å². The Morgan fingerprint density at radius 3 is 2.92 bits per heavy atom. The van der Waals surface area contributed by atoms with Gasteiger partial charge in [0.15, 0.2) is 0 Å². The van der Waals surface area contributed by atoms with Crippen LogP contribution in [0.2, 0.25) is 0 Å². The molecule has 0 saturated carbocycles. The third-order valence-electron chi connectivity index (χ3n) is 4.88. The van der Waals surface area contributed by atoms with E-state index >= 15 is 0 Å². The Labute approximate surface area is 151 Å². The molecular weight excluding hydrogens is 331 g/mol. The topological polar surface area (TPSA) is 49.6 Å². The van der Waals surface area contributed by atoms with Crippen molar-refractivity contribution < 1.29 is 9.18 Å². The summed E-state index contributed by atoms with van der Waals surface area (Å²) in [6.45, 7) is 4.39. The summed E-state index contributed by atoms with van der Waals surface area (Å²) in [7, 11) is 0. The van der Waals surface area contributed by atoms with Gasteiger partial charge in [0.1, 0.15) is 17.2 Å². The molecule has 1 atom stereocenters. The Hall–Kier alpha value is -2.89. The van der Waals surface area contributed by atoms with E-state index in [0.29, 0.717) is 18.2 Å². The number of carbonyl (C=O) groups excluding carboxylic acids is 1. The van der Waals surface area contributed by atoms with Crippen LogP contribution in [-0.4, -0.2) is 34.9 Å². The third-order valence-corrected chi connectivity index (χ3v) is 4.88. The molecule has 1 aliphatic heterocycles. The molecule has 5 nitrogen and oxygen atoms in total. The summed E-state index contributed by atoms with van der Waals surface area (Å²) in [4.78, 5) is 19.0. The number of hydrogen-bond donors (Lipinski definition) is 1. The van der Waals surface area contributed by atoms with Crippen molar-refractivity contribution in [2.45, 2.75) is 13.3 Å². The SMILES string of the molecule is Cc1ccn2cc(C(=O)NCC3CCN(c4ccc(F)cc4)C3)nc2c1. The number of anilines is 1. The average molecular weight is 352 g/mol. The van der Waals surface area contributed by atoms with Gasteiger partial charge in [-0.3, -0.25) is 4.79 Å². The molecule has 1 aromatic carbocycles. The molecule has 3 aromatic rings. The van der Waals surface area contributed by atoms with E-state index in [0.717, 1.165) is 36.4 Å². The molecule has 3 heterocycles. The lowest BCUT2D eigenvalue weighted by Crippen LogP contribution is -2.31. The van der Waals surface area contributed by atoms with Crippen LogP contribution in [0.3, 0.4) is 0 Å². The number of fused-ring (bicyclic) bond motifs is 1. The Morgan fingerprint density at radius 2 is 2.12 bits per heavy atom. The van der Waals surface area contributed by atoms with E-state index in [4.69, 9.17) is 0 Å². The lowest BCUT2D eigenvalue weighted by molar-refractivity contribution is 0.0944. The van der Waals surface area contributed by atoms with E-state index in [9.17, 15) is 9.18 Å². The normalized spacial score (nSPS) is 17.0. The first kappa shape index (κ1) is 16.6. The van der Waals surface area contributed by atoms with Crippen molar-refractivity contribution in [3.05, 3.63) is 65.9 Å². The van der Waals surface area contributed by atoms with Crippen LogP contribution >= 0.6 is 0 Å². The number of pyridine rings is 1. The average Bonchev–Trinajstić information content (AvgIpc) is 3.27. The van der Waals surface area contributed by atoms with E-state index in [2.05, 4.69) is 15.2 Å². The molecule has 2 aromatic heterocycles. The van der Waals surface area contributed by atoms with Gasteiger partial charge in [0.2, 0.25) is 0 Å². The zero-order valence-electron chi connectivity index (χ0n) is 14.7. The fourth-order valence-electron chi connectivity index (χ4n) is 3.41. The smallest absolute Gasteiger partial charge is 0.271 e. The minimum atomic E-state index is -0.223. The Morgan fingerprint density at radius 1 is 1.31 bits per heavy atom. The van der Waals surface area contributed by atoms with Crippen LogP contribution in [0.4, 0.5) is 10.1 Å². The van der Waals surface area contributed by atoms with Crippen LogP contribution in [0.1, 0.15) is 22.5 Å². The fourth-order valence-corrected chi connectivity index (χ4v) is 3.41. The fraction of sp³-hybridized carbons (Fsp3) is 0.300. The molecule has 1 unspecified atom stereocenters. The quantitative estimate of drug-likeness (QED) is 0.785. The molecule has 0 bridgehead atoms. The number of imidazole rings is 1. The van der Waals surface area contributed by atoms with Gasteiger partial charge >= 0.3 is 0 Å². The molecule has 0 spiro atoms. The van der Waals surface area contributed by atoms with Gasteiger partial charge in [-0.25, -0.2) is 9.37 Å². The highest BCUT2D eigenvalue weighted by molar-refractivity contribution is 5.92. The number of nitrogens with zero attached hydrogens (tertiary/aromatic N) is 3. The second kappa shape index (κ2) is 6.78.